The fraction of sp³-hybridized carbons (Fsp3) is 0.316. The summed E-state index contributed by atoms with van der Waals surface area (Å²) in [5.41, 5.74) is 1.63. The lowest BCUT2D eigenvalue weighted by molar-refractivity contribution is -0.132. The number of rotatable bonds is 2. The van der Waals surface area contributed by atoms with Gasteiger partial charge in [0, 0.05) is 30.5 Å². The molecule has 138 valence electrons. The molecule has 3 heterocycles. The molecule has 1 aliphatic heterocycles. The van der Waals surface area contributed by atoms with Crippen molar-refractivity contribution in [2.45, 2.75) is 26.3 Å². The SMILES string of the molecule is Cc1nn(CC(=O)N2CCc3nc[nH]c(=O)c3CC2)c(=O)c2ccccc12. The molecule has 27 heavy (non-hydrogen) atoms. The zero-order valence-electron chi connectivity index (χ0n) is 14.9. The quantitative estimate of drug-likeness (QED) is 0.709. The molecule has 2 aromatic heterocycles. The number of nitrogens with zero attached hydrogens (tertiary/aromatic N) is 4. The van der Waals surface area contributed by atoms with E-state index in [-0.39, 0.29) is 23.6 Å². The van der Waals surface area contributed by atoms with E-state index < -0.39 is 0 Å². The van der Waals surface area contributed by atoms with E-state index in [4.69, 9.17) is 0 Å². The van der Waals surface area contributed by atoms with Gasteiger partial charge in [0.15, 0.2) is 0 Å². The lowest BCUT2D eigenvalue weighted by atomic mass is 10.1. The van der Waals surface area contributed by atoms with E-state index in [1.165, 1.54) is 11.0 Å². The molecule has 0 spiro atoms. The standard InChI is InChI=1S/C19H19N5O3/c1-12-13-4-2-3-5-14(13)19(27)24(22-12)10-17(25)23-8-6-15-16(7-9-23)20-11-21-18(15)26/h2-5,11H,6-10H2,1H3,(H,20,21,26). The van der Waals surface area contributed by atoms with Gasteiger partial charge in [-0.3, -0.25) is 14.4 Å². The summed E-state index contributed by atoms with van der Waals surface area (Å²) in [4.78, 5) is 45.8. The molecular weight excluding hydrogens is 346 g/mol. The number of H-pyrrole nitrogens is 1. The minimum atomic E-state index is -0.277. The highest BCUT2D eigenvalue weighted by Gasteiger charge is 2.22. The highest BCUT2D eigenvalue weighted by molar-refractivity contribution is 5.83. The van der Waals surface area contributed by atoms with Crippen LogP contribution in [0.4, 0.5) is 0 Å². The number of fused-ring (bicyclic) bond motifs is 2. The van der Waals surface area contributed by atoms with E-state index in [9.17, 15) is 14.4 Å². The second-order valence-corrected chi connectivity index (χ2v) is 6.63. The van der Waals surface area contributed by atoms with Gasteiger partial charge in [-0.15, -0.1) is 0 Å². The number of carbonyl (C=O) groups excluding carboxylic acids is 1. The monoisotopic (exact) mass is 365 g/mol. The summed E-state index contributed by atoms with van der Waals surface area (Å²) in [6.07, 6.45) is 2.35. The number of aromatic nitrogens is 4. The molecule has 0 atom stereocenters. The summed E-state index contributed by atoms with van der Waals surface area (Å²) in [5.74, 6) is -0.191. The third kappa shape index (κ3) is 3.14. The van der Waals surface area contributed by atoms with Crippen molar-refractivity contribution in [3.8, 4) is 0 Å². The Hall–Kier alpha value is -3.29. The molecule has 8 nitrogen and oxygen atoms in total. The fourth-order valence-corrected chi connectivity index (χ4v) is 3.53. The number of carbonyl (C=O) groups is 1. The molecular formula is C19H19N5O3. The van der Waals surface area contributed by atoms with Gasteiger partial charge in [0.1, 0.15) is 6.54 Å². The van der Waals surface area contributed by atoms with Gasteiger partial charge in [-0.2, -0.15) is 5.10 Å². The van der Waals surface area contributed by atoms with Crippen molar-refractivity contribution in [2.75, 3.05) is 13.1 Å². The Morgan fingerprint density at radius 3 is 2.70 bits per heavy atom. The van der Waals surface area contributed by atoms with Crippen LogP contribution in [0.25, 0.3) is 10.8 Å². The van der Waals surface area contributed by atoms with E-state index in [1.807, 2.05) is 19.1 Å². The van der Waals surface area contributed by atoms with Crippen LogP contribution in [0.3, 0.4) is 0 Å². The van der Waals surface area contributed by atoms with Gasteiger partial charge in [0.25, 0.3) is 11.1 Å². The maximum atomic E-state index is 12.8. The third-order valence-corrected chi connectivity index (χ3v) is 4.98. The van der Waals surface area contributed by atoms with Gasteiger partial charge >= 0.3 is 0 Å². The van der Waals surface area contributed by atoms with Crippen molar-refractivity contribution in [3.05, 3.63) is 68.3 Å². The summed E-state index contributed by atoms with van der Waals surface area (Å²) in [7, 11) is 0. The predicted octanol–water partition coefficient (Wildman–Crippen LogP) is 0.416. The van der Waals surface area contributed by atoms with Crippen molar-refractivity contribution < 1.29 is 4.79 Å². The van der Waals surface area contributed by atoms with Crippen molar-refractivity contribution in [1.29, 1.82) is 0 Å². The van der Waals surface area contributed by atoms with Crippen LogP contribution in [0.15, 0.2) is 40.2 Å². The van der Waals surface area contributed by atoms with Gasteiger partial charge in [-0.1, -0.05) is 18.2 Å². The fourth-order valence-electron chi connectivity index (χ4n) is 3.53. The summed E-state index contributed by atoms with van der Waals surface area (Å²) < 4.78 is 1.23. The number of amides is 1. The number of aromatic amines is 1. The van der Waals surface area contributed by atoms with E-state index in [0.29, 0.717) is 42.6 Å². The van der Waals surface area contributed by atoms with Crippen molar-refractivity contribution in [1.82, 2.24) is 24.6 Å². The van der Waals surface area contributed by atoms with Crippen LogP contribution in [0.2, 0.25) is 0 Å². The second-order valence-electron chi connectivity index (χ2n) is 6.63. The Morgan fingerprint density at radius 2 is 1.89 bits per heavy atom. The Morgan fingerprint density at radius 1 is 1.15 bits per heavy atom. The van der Waals surface area contributed by atoms with Gasteiger partial charge < -0.3 is 9.88 Å². The molecule has 0 saturated carbocycles. The van der Waals surface area contributed by atoms with E-state index in [2.05, 4.69) is 15.1 Å². The highest BCUT2D eigenvalue weighted by atomic mass is 16.2. The smallest absolute Gasteiger partial charge is 0.275 e. The summed E-state index contributed by atoms with van der Waals surface area (Å²) in [6, 6.07) is 7.25. The molecule has 0 bridgehead atoms. The first-order valence-electron chi connectivity index (χ1n) is 8.84. The summed E-state index contributed by atoms with van der Waals surface area (Å²) in [6.45, 7) is 2.58. The molecule has 0 aliphatic carbocycles. The average molecular weight is 365 g/mol. The normalized spacial score (nSPS) is 14.0. The second kappa shape index (κ2) is 6.79. The minimum Gasteiger partial charge on any atom is -0.340 e. The topological polar surface area (TPSA) is 101 Å². The van der Waals surface area contributed by atoms with Crippen LogP contribution in [0, 0.1) is 6.92 Å². The molecule has 1 aliphatic rings. The third-order valence-electron chi connectivity index (χ3n) is 4.98. The summed E-state index contributed by atoms with van der Waals surface area (Å²) >= 11 is 0. The first kappa shape index (κ1) is 17.1. The zero-order valence-corrected chi connectivity index (χ0v) is 14.9. The molecule has 0 unspecified atom stereocenters. The molecule has 0 fully saturated rings. The molecule has 0 saturated heterocycles. The molecule has 0 radical (unpaired) electrons. The highest BCUT2D eigenvalue weighted by Crippen LogP contribution is 2.13. The number of hydrogen-bond acceptors (Lipinski definition) is 5. The Bertz CT molecular complexity index is 1150. The average Bonchev–Trinajstić information content (AvgIpc) is 2.90. The van der Waals surface area contributed by atoms with E-state index >= 15 is 0 Å². The maximum Gasteiger partial charge on any atom is 0.275 e. The van der Waals surface area contributed by atoms with Crippen LogP contribution < -0.4 is 11.1 Å². The molecule has 1 N–H and O–H groups in total. The number of hydrogen-bond donors (Lipinski definition) is 1. The maximum absolute atomic E-state index is 12.8. The summed E-state index contributed by atoms with van der Waals surface area (Å²) in [5, 5.41) is 5.65. The van der Waals surface area contributed by atoms with Gasteiger partial charge in [0.2, 0.25) is 5.91 Å². The Labute approximate surface area is 154 Å². The van der Waals surface area contributed by atoms with Crippen LogP contribution in [-0.2, 0) is 24.2 Å². The molecule has 1 amide bonds. The van der Waals surface area contributed by atoms with Gasteiger partial charge in [-0.25, -0.2) is 9.67 Å². The van der Waals surface area contributed by atoms with Crippen molar-refractivity contribution >= 4 is 16.7 Å². The predicted molar refractivity (Wildman–Crippen MR) is 99.6 cm³/mol. The molecule has 4 rings (SSSR count). The van der Waals surface area contributed by atoms with Crippen LogP contribution in [0.5, 0.6) is 0 Å². The molecule has 1 aromatic carbocycles. The first-order chi connectivity index (χ1) is 13.0. The molecule has 8 heteroatoms. The van der Waals surface area contributed by atoms with Crippen LogP contribution >= 0.6 is 0 Å². The van der Waals surface area contributed by atoms with Crippen LogP contribution in [-0.4, -0.2) is 43.6 Å². The van der Waals surface area contributed by atoms with Crippen molar-refractivity contribution in [3.63, 3.8) is 0 Å². The minimum absolute atomic E-state index is 0.120. The van der Waals surface area contributed by atoms with Gasteiger partial charge in [0.05, 0.1) is 23.1 Å². The Kier molecular flexibility index (Phi) is 4.31. The lowest BCUT2D eigenvalue weighted by Crippen LogP contribution is -2.39. The molecule has 3 aromatic rings. The van der Waals surface area contributed by atoms with Crippen LogP contribution in [0.1, 0.15) is 17.0 Å². The number of benzene rings is 1. The van der Waals surface area contributed by atoms with Gasteiger partial charge in [-0.05, 0) is 19.4 Å². The zero-order chi connectivity index (χ0) is 19.0. The van der Waals surface area contributed by atoms with Crippen molar-refractivity contribution in [2.24, 2.45) is 0 Å². The lowest BCUT2D eigenvalue weighted by Gasteiger charge is -2.20. The first-order valence-corrected chi connectivity index (χ1v) is 8.84. The Balaban J connectivity index is 1.58. The number of aryl methyl sites for hydroxylation is 1. The number of nitrogens with one attached hydrogen (secondary N) is 1. The van der Waals surface area contributed by atoms with E-state index in [0.717, 1.165) is 11.1 Å². The largest absolute Gasteiger partial charge is 0.340 e. The van der Waals surface area contributed by atoms with E-state index in [1.54, 1.807) is 17.0 Å².